The van der Waals surface area contributed by atoms with E-state index in [4.69, 9.17) is 0 Å². The van der Waals surface area contributed by atoms with Crippen molar-refractivity contribution in [2.24, 2.45) is 0 Å². The Morgan fingerprint density at radius 3 is 1.05 bits per heavy atom. The molecule has 0 aromatic rings. The van der Waals surface area contributed by atoms with Crippen LogP contribution in [0.3, 0.4) is 0 Å². The monoisotopic (exact) mass is 404 g/mol. The molecule has 0 aliphatic rings. The van der Waals surface area contributed by atoms with Gasteiger partial charge in [-0.1, -0.05) is 84.0 Å². The van der Waals surface area contributed by atoms with Crippen molar-refractivity contribution in [2.75, 3.05) is 27.7 Å². The van der Waals surface area contributed by atoms with Gasteiger partial charge in [-0.05, 0) is 12.8 Å². The molecule has 0 aliphatic carbocycles. The fraction of sp³-hybridized carbons (Fsp3) is 1.00. The SMILES string of the molecule is Br.CCCCCCCCCCCCCCCC[N+](C)(C)C.[Ca+2]. The molecule has 0 N–H and O–H groups in total. The summed E-state index contributed by atoms with van der Waals surface area (Å²) in [7, 11) is 6.88. The smallest absolute Gasteiger partial charge is 0.331 e. The van der Waals surface area contributed by atoms with Crippen LogP contribution in [0.4, 0.5) is 0 Å². The van der Waals surface area contributed by atoms with Crippen LogP contribution in [0.25, 0.3) is 0 Å². The van der Waals surface area contributed by atoms with E-state index in [0.717, 1.165) is 4.48 Å². The van der Waals surface area contributed by atoms with Gasteiger partial charge in [0.1, 0.15) is 0 Å². The summed E-state index contributed by atoms with van der Waals surface area (Å²) >= 11 is 0. The predicted molar refractivity (Wildman–Crippen MR) is 109 cm³/mol. The molecule has 3 heteroatoms. The van der Waals surface area contributed by atoms with Gasteiger partial charge in [-0.25, -0.2) is 0 Å². The summed E-state index contributed by atoms with van der Waals surface area (Å²) in [4.78, 5) is 0. The minimum atomic E-state index is 0. The summed E-state index contributed by atoms with van der Waals surface area (Å²) in [6, 6.07) is 0. The van der Waals surface area contributed by atoms with Crippen molar-refractivity contribution >= 4 is 54.7 Å². The van der Waals surface area contributed by atoms with Gasteiger partial charge in [-0.15, -0.1) is 17.0 Å². The van der Waals surface area contributed by atoms with Gasteiger partial charge in [0.2, 0.25) is 0 Å². The van der Waals surface area contributed by atoms with Gasteiger partial charge in [-0.3, -0.25) is 0 Å². The van der Waals surface area contributed by atoms with Crippen LogP contribution in [0.5, 0.6) is 0 Å². The van der Waals surface area contributed by atoms with E-state index in [-0.39, 0.29) is 54.7 Å². The molecule has 0 unspecified atom stereocenters. The van der Waals surface area contributed by atoms with Gasteiger partial charge in [-0.2, -0.15) is 0 Å². The Labute approximate surface area is 182 Å². The van der Waals surface area contributed by atoms with Crippen molar-refractivity contribution in [2.45, 2.75) is 96.8 Å². The van der Waals surface area contributed by atoms with E-state index in [2.05, 4.69) is 28.1 Å². The van der Waals surface area contributed by atoms with Gasteiger partial charge in [0.05, 0.1) is 27.7 Å². The number of hydrogen-bond donors (Lipinski definition) is 0. The Hall–Kier alpha value is 1.70. The van der Waals surface area contributed by atoms with Crippen molar-refractivity contribution in [1.82, 2.24) is 0 Å². The Balaban J connectivity index is -0.00000180. The third-order valence-corrected chi connectivity index (χ3v) is 4.18. The number of rotatable bonds is 15. The summed E-state index contributed by atoms with van der Waals surface area (Å²) in [5.41, 5.74) is 0. The zero-order chi connectivity index (χ0) is 15.1. The molecule has 0 fully saturated rings. The van der Waals surface area contributed by atoms with Crippen LogP contribution >= 0.6 is 17.0 Å². The van der Waals surface area contributed by atoms with Crippen LogP contribution in [0, 0.1) is 0 Å². The van der Waals surface area contributed by atoms with Crippen LogP contribution in [0.1, 0.15) is 96.8 Å². The molecular weight excluding hydrogens is 362 g/mol. The van der Waals surface area contributed by atoms with Gasteiger partial charge in [0.25, 0.3) is 0 Å². The van der Waals surface area contributed by atoms with E-state index in [9.17, 15) is 0 Å². The molecule has 0 saturated heterocycles. The summed E-state index contributed by atoms with van der Waals surface area (Å²) in [6.07, 6.45) is 20.4. The van der Waals surface area contributed by atoms with Crippen LogP contribution in [0.15, 0.2) is 0 Å². The number of hydrogen-bond acceptors (Lipinski definition) is 0. The summed E-state index contributed by atoms with van der Waals surface area (Å²) in [5.74, 6) is 0. The molecule has 0 aliphatic heterocycles. The minimum absolute atomic E-state index is 0. The minimum Gasteiger partial charge on any atom is -0.331 e. The molecule has 0 rings (SSSR count). The molecule has 0 bridgehead atoms. The van der Waals surface area contributed by atoms with E-state index in [1.54, 1.807) is 0 Å². The molecule has 22 heavy (non-hydrogen) atoms. The van der Waals surface area contributed by atoms with Crippen molar-refractivity contribution in [3.8, 4) is 0 Å². The average molecular weight is 406 g/mol. The molecule has 0 aromatic carbocycles. The van der Waals surface area contributed by atoms with Crippen molar-refractivity contribution < 1.29 is 4.48 Å². The topological polar surface area (TPSA) is 0 Å². The maximum absolute atomic E-state index is 2.29. The van der Waals surface area contributed by atoms with E-state index in [1.165, 1.54) is 96.4 Å². The standard InChI is InChI=1S/C19H42N.BrH.Ca/c1-5-6-7-8-9-10-11-12-13-14-15-16-17-18-19-20(2,3)4;;/h5-19H2,1-4H3;1H;/q+1;;+2. The Kier molecular flexibility index (Phi) is 26.9. The molecule has 0 spiro atoms. The molecule has 0 atom stereocenters. The molecule has 0 aromatic heterocycles. The zero-order valence-corrected chi connectivity index (χ0v) is 20.1. The predicted octanol–water partition coefficient (Wildman–Crippen LogP) is 6.37. The van der Waals surface area contributed by atoms with Gasteiger partial charge < -0.3 is 4.48 Å². The Morgan fingerprint density at radius 2 is 0.773 bits per heavy atom. The average Bonchev–Trinajstić information content (AvgIpc) is 2.38. The van der Waals surface area contributed by atoms with Crippen molar-refractivity contribution in [3.05, 3.63) is 0 Å². The molecule has 0 radical (unpaired) electrons. The number of quaternary nitrogens is 1. The maximum atomic E-state index is 2.29. The van der Waals surface area contributed by atoms with Crippen molar-refractivity contribution in [1.29, 1.82) is 0 Å². The molecule has 0 amide bonds. The first kappa shape index (κ1) is 28.5. The molecule has 1 nitrogen and oxygen atoms in total. The largest absolute Gasteiger partial charge is 2.00 e. The fourth-order valence-electron chi connectivity index (χ4n) is 2.78. The quantitative estimate of drug-likeness (QED) is 0.169. The van der Waals surface area contributed by atoms with Crippen LogP contribution < -0.4 is 0 Å². The molecule has 130 valence electrons. The van der Waals surface area contributed by atoms with Gasteiger partial charge >= 0.3 is 37.7 Å². The van der Waals surface area contributed by atoms with E-state index in [1.807, 2.05) is 0 Å². The van der Waals surface area contributed by atoms with Gasteiger partial charge in [0.15, 0.2) is 0 Å². The maximum Gasteiger partial charge on any atom is 2.00 e. The first-order valence-electron chi connectivity index (χ1n) is 9.36. The molecule has 0 saturated carbocycles. The van der Waals surface area contributed by atoms with Gasteiger partial charge in [0, 0.05) is 0 Å². The summed E-state index contributed by atoms with van der Waals surface area (Å²) < 4.78 is 1.12. The third-order valence-electron chi connectivity index (χ3n) is 4.18. The second kappa shape index (κ2) is 20.7. The Bertz CT molecular complexity index is 192. The van der Waals surface area contributed by atoms with Crippen LogP contribution in [0.2, 0.25) is 0 Å². The van der Waals surface area contributed by atoms with E-state index < -0.39 is 0 Å². The van der Waals surface area contributed by atoms with Crippen LogP contribution in [-0.2, 0) is 0 Å². The molecular formula is C19H43BrCaN+3. The first-order chi connectivity index (χ1) is 9.56. The zero-order valence-electron chi connectivity index (χ0n) is 16.2. The summed E-state index contributed by atoms with van der Waals surface area (Å²) in [6.45, 7) is 3.63. The number of nitrogens with zero attached hydrogens (tertiary/aromatic N) is 1. The normalized spacial score (nSPS) is 10.9. The fourth-order valence-corrected chi connectivity index (χ4v) is 2.78. The second-order valence-electron chi connectivity index (χ2n) is 7.61. The first-order valence-corrected chi connectivity index (χ1v) is 9.36. The van der Waals surface area contributed by atoms with E-state index >= 15 is 0 Å². The Morgan fingerprint density at radius 1 is 0.500 bits per heavy atom. The molecule has 0 heterocycles. The van der Waals surface area contributed by atoms with Crippen LogP contribution in [-0.4, -0.2) is 69.9 Å². The van der Waals surface area contributed by atoms with E-state index in [0.29, 0.717) is 0 Å². The number of unbranched alkanes of at least 4 members (excludes halogenated alkanes) is 13. The third kappa shape index (κ3) is 26.6. The second-order valence-corrected chi connectivity index (χ2v) is 7.61. The summed E-state index contributed by atoms with van der Waals surface area (Å²) in [5, 5.41) is 0. The number of halogens is 1. The van der Waals surface area contributed by atoms with Crippen molar-refractivity contribution in [3.63, 3.8) is 0 Å².